The third-order valence-electron chi connectivity index (χ3n) is 8.88. The Hall–Kier alpha value is -6.40. The first kappa shape index (κ1) is 29.0. The van der Waals surface area contributed by atoms with Crippen molar-refractivity contribution in [1.82, 2.24) is 24.1 Å². The first-order chi connectivity index (χ1) is 23.5. The van der Waals surface area contributed by atoms with Crippen LogP contribution in [-0.2, 0) is 14.1 Å². The molecular formula is C42H31N5O. The topological polar surface area (TPSA) is 65.6 Å². The second-order valence-corrected chi connectivity index (χ2v) is 11.9. The average molecular weight is 622 g/mol. The maximum Gasteiger partial charge on any atom is 0.328 e. The zero-order valence-electron chi connectivity index (χ0n) is 26.6. The van der Waals surface area contributed by atoms with Gasteiger partial charge in [-0.25, -0.2) is 19.7 Å². The van der Waals surface area contributed by atoms with E-state index in [1.165, 1.54) is 0 Å². The fourth-order valence-electron chi connectivity index (χ4n) is 6.15. The van der Waals surface area contributed by atoms with E-state index in [-0.39, 0.29) is 5.69 Å². The van der Waals surface area contributed by atoms with Crippen molar-refractivity contribution in [3.63, 3.8) is 0 Å². The van der Waals surface area contributed by atoms with Crippen LogP contribution in [0.15, 0.2) is 156 Å². The number of aryl methyl sites for hydroxylation is 2. The van der Waals surface area contributed by atoms with E-state index in [0.717, 1.165) is 61.1 Å². The monoisotopic (exact) mass is 621 g/mol. The molecule has 8 aromatic rings. The Balaban J connectivity index is 1.04. The Morgan fingerprint density at radius 3 is 1.08 bits per heavy atom. The van der Waals surface area contributed by atoms with Gasteiger partial charge in [0.25, 0.3) is 0 Å². The van der Waals surface area contributed by atoms with E-state index in [4.69, 9.17) is 15.0 Å². The van der Waals surface area contributed by atoms with E-state index < -0.39 is 0 Å². The smallest absolute Gasteiger partial charge is 0.295 e. The minimum absolute atomic E-state index is 0.0190. The predicted octanol–water partition coefficient (Wildman–Crippen LogP) is 9.06. The van der Waals surface area contributed by atoms with E-state index in [0.29, 0.717) is 17.5 Å². The molecule has 0 bridgehead atoms. The molecule has 48 heavy (non-hydrogen) atoms. The van der Waals surface area contributed by atoms with Crippen LogP contribution in [0.4, 0.5) is 0 Å². The molecule has 0 aliphatic rings. The number of hydrogen-bond donors (Lipinski definition) is 0. The summed E-state index contributed by atoms with van der Waals surface area (Å²) in [5, 5.41) is 0. The minimum Gasteiger partial charge on any atom is -0.295 e. The summed E-state index contributed by atoms with van der Waals surface area (Å²) in [5.41, 5.74) is 11.4. The molecule has 0 spiro atoms. The van der Waals surface area contributed by atoms with Crippen LogP contribution >= 0.6 is 0 Å². The molecule has 0 atom stereocenters. The van der Waals surface area contributed by atoms with Crippen molar-refractivity contribution >= 4 is 11.0 Å². The first-order valence-electron chi connectivity index (χ1n) is 15.9. The van der Waals surface area contributed by atoms with Crippen molar-refractivity contribution in [2.75, 3.05) is 0 Å². The number of aromatic nitrogens is 5. The number of rotatable bonds is 6. The summed E-state index contributed by atoms with van der Waals surface area (Å²) in [4.78, 5) is 26.9. The van der Waals surface area contributed by atoms with Crippen LogP contribution in [0.5, 0.6) is 0 Å². The second kappa shape index (κ2) is 12.1. The Morgan fingerprint density at radius 2 is 0.667 bits per heavy atom. The van der Waals surface area contributed by atoms with Crippen LogP contribution in [0, 0.1) is 0 Å². The molecule has 0 saturated carbocycles. The van der Waals surface area contributed by atoms with E-state index in [2.05, 4.69) is 84.9 Å². The molecule has 0 amide bonds. The highest BCUT2D eigenvalue weighted by Gasteiger charge is 2.13. The Bertz CT molecular complexity index is 2390. The summed E-state index contributed by atoms with van der Waals surface area (Å²) in [6, 6.07) is 51.8. The summed E-state index contributed by atoms with van der Waals surface area (Å²) in [6.45, 7) is 0. The fourth-order valence-corrected chi connectivity index (χ4v) is 6.15. The molecule has 6 nitrogen and oxygen atoms in total. The van der Waals surface area contributed by atoms with Gasteiger partial charge in [0, 0.05) is 30.8 Å². The molecule has 2 heterocycles. The van der Waals surface area contributed by atoms with Crippen molar-refractivity contribution in [1.29, 1.82) is 0 Å². The molecule has 0 N–H and O–H groups in total. The minimum atomic E-state index is -0.0190. The van der Waals surface area contributed by atoms with Crippen LogP contribution in [0.1, 0.15) is 0 Å². The summed E-state index contributed by atoms with van der Waals surface area (Å²) >= 11 is 0. The zero-order chi connectivity index (χ0) is 32.6. The van der Waals surface area contributed by atoms with Gasteiger partial charge in [0.05, 0.1) is 11.0 Å². The first-order valence-corrected chi connectivity index (χ1v) is 15.9. The maximum atomic E-state index is 12.4. The molecule has 230 valence electrons. The van der Waals surface area contributed by atoms with Gasteiger partial charge in [-0.15, -0.1) is 0 Å². The molecule has 0 fully saturated rings. The van der Waals surface area contributed by atoms with Gasteiger partial charge in [-0.2, -0.15) is 0 Å². The Kier molecular flexibility index (Phi) is 7.31. The number of fused-ring (bicyclic) bond motifs is 1. The lowest BCUT2D eigenvalue weighted by Crippen LogP contribution is -2.19. The van der Waals surface area contributed by atoms with Crippen LogP contribution in [0.3, 0.4) is 0 Å². The highest BCUT2D eigenvalue weighted by atomic mass is 16.1. The van der Waals surface area contributed by atoms with Gasteiger partial charge in [-0.3, -0.25) is 9.13 Å². The van der Waals surface area contributed by atoms with Gasteiger partial charge in [-0.05, 0) is 45.5 Å². The van der Waals surface area contributed by atoms with Crippen molar-refractivity contribution in [3.8, 4) is 67.5 Å². The number of imidazole rings is 1. The highest BCUT2D eigenvalue weighted by molar-refractivity contribution is 5.83. The van der Waals surface area contributed by atoms with E-state index in [1.54, 1.807) is 16.2 Å². The predicted molar refractivity (Wildman–Crippen MR) is 194 cm³/mol. The van der Waals surface area contributed by atoms with Gasteiger partial charge in [0.2, 0.25) is 0 Å². The summed E-state index contributed by atoms with van der Waals surface area (Å²) < 4.78 is 3.37. The van der Waals surface area contributed by atoms with Crippen LogP contribution in [0.2, 0.25) is 0 Å². The summed E-state index contributed by atoms with van der Waals surface area (Å²) in [5.74, 6) is 1.94. The van der Waals surface area contributed by atoms with Gasteiger partial charge in [0.1, 0.15) is 0 Å². The van der Waals surface area contributed by atoms with Crippen molar-refractivity contribution in [2.24, 2.45) is 14.1 Å². The standard InChI is InChI=1S/C42H31N5O/c1-46-37-26-25-36(27-38(37)47(2)42(46)48)32-19-17-30(18-20-32)28-13-15-29(16-14-28)31-21-23-35(24-22-31)41-44-39(33-9-5-3-6-10-33)43-40(45-41)34-11-7-4-8-12-34/h3-27H,1-2H3. The highest BCUT2D eigenvalue weighted by Crippen LogP contribution is 2.30. The zero-order valence-corrected chi connectivity index (χ0v) is 26.6. The summed E-state index contributed by atoms with van der Waals surface area (Å²) in [6.07, 6.45) is 0. The fraction of sp³-hybridized carbons (Fsp3) is 0.0476. The Labute approximate surface area is 278 Å². The molecule has 0 radical (unpaired) electrons. The lowest BCUT2D eigenvalue weighted by atomic mass is 9.97. The van der Waals surface area contributed by atoms with Crippen LogP contribution in [-0.4, -0.2) is 24.1 Å². The van der Waals surface area contributed by atoms with Crippen molar-refractivity contribution in [2.45, 2.75) is 0 Å². The van der Waals surface area contributed by atoms with Gasteiger partial charge in [-0.1, -0.05) is 140 Å². The normalized spacial score (nSPS) is 11.2. The van der Waals surface area contributed by atoms with Crippen molar-refractivity contribution < 1.29 is 0 Å². The maximum absolute atomic E-state index is 12.4. The second-order valence-electron chi connectivity index (χ2n) is 11.9. The number of benzene rings is 6. The average Bonchev–Trinajstić information content (AvgIpc) is 3.38. The quantitative estimate of drug-likeness (QED) is 0.186. The Morgan fingerprint density at radius 1 is 0.354 bits per heavy atom. The third kappa shape index (κ3) is 5.39. The van der Waals surface area contributed by atoms with E-state index in [1.807, 2.05) is 73.8 Å². The summed E-state index contributed by atoms with van der Waals surface area (Å²) in [7, 11) is 3.62. The largest absolute Gasteiger partial charge is 0.328 e. The van der Waals surface area contributed by atoms with Crippen molar-refractivity contribution in [3.05, 3.63) is 162 Å². The molecule has 0 aliphatic heterocycles. The van der Waals surface area contributed by atoms with E-state index >= 15 is 0 Å². The SMILES string of the molecule is Cn1c(=O)n(C)c2cc(-c3ccc(-c4ccc(-c5ccc(-c6nc(-c7ccccc7)nc(-c7ccccc7)n6)cc5)cc4)cc3)ccc21. The molecule has 6 aromatic carbocycles. The van der Waals surface area contributed by atoms with Crippen LogP contribution in [0.25, 0.3) is 78.6 Å². The molecule has 8 rings (SSSR count). The molecule has 6 heteroatoms. The number of nitrogens with zero attached hydrogens (tertiary/aromatic N) is 5. The van der Waals surface area contributed by atoms with Gasteiger partial charge < -0.3 is 0 Å². The molecule has 0 aliphatic carbocycles. The molecule has 0 unspecified atom stereocenters. The lowest BCUT2D eigenvalue weighted by Gasteiger charge is -2.10. The van der Waals surface area contributed by atoms with Gasteiger partial charge in [0.15, 0.2) is 17.5 Å². The number of hydrogen-bond acceptors (Lipinski definition) is 4. The van der Waals surface area contributed by atoms with E-state index in [9.17, 15) is 4.79 Å². The van der Waals surface area contributed by atoms with Gasteiger partial charge >= 0.3 is 5.69 Å². The third-order valence-corrected chi connectivity index (χ3v) is 8.88. The van der Waals surface area contributed by atoms with Crippen LogP contribution < -0.4 is 5.69 Å². The lowest BCUT2D eigenvalue weighted by molar-refractivity contribution is 0.795. The molecule has 2 aromatic heterocycles. The molecule has 0 saturated heterocycles. The molecular weight excluding hydrogens is 590 g/mol.